The summed E-state index contributed by atoms with van der Waals surface area (Å²) in [5.41, 5.74) is 0. The van der Waals surface area contributed by atoms with E-state index in [1.54, 1.807) is 0 Å². The molecule has 0 radical (unpaired) electrons. The fourth-order valence-corrected chi connectivity index (χ4v) is 7.20. The van der Waals surface area contributed by atoms with Gasteiger partial charge in [0.15, 0.2) is 18.7 Å². The molecule has 2 saturated heterocycles. The lowest BCUT2D eigenvalue weighted by atomic mass is 9.98. The zero-order valence-corrected chi connectivity index (χ0v) is 39.2. The number of ether oxygens (including phenoxy) is 6. The molecule has 0 aliphatic carbocycles. The van der Waals surface area contributed by atoms with Crippen molar-refractivity contribution in [3.8, 4) is 0 Å². The van der Waals surface area contributed by atoms with Gasteiger partial charge in [0, 0.05) is 12.8 Å². The smallest absolute Gasteiger partial charge is 0.306 e. The van der Waals surface area contributed by atoms with E-state index >= 15 is 0 Å². The van der Waals surface area contributed by atoms with Crippen molar-refractivity contribution in [1.29, 1.82) is 0 Å². The number of hydrogen-bond acceptors (Lipinski definition) is 15. The third-order valence-corrected chi connectivity index (χ3v) is 11.2. The van der Waals surface area contributed by atoms with Gasteiger partial charge in [-0.05, 0) is 77.0 Å². The molecular formula is C50H84O15. The molecule has 2 aliphatic rings. The summed E-state index contributed by atoms with van der Waals surface area (Å²) in [5, 5.41) is 72.0. The highest BCUT2D eigenvalue weighted by molar-refractivity contribution is 5.70. The molecule has 2 heterocycles. The van der Waals surface area contributed by atoms with Gasteiger partial charge in [-0.15, -0.1) is 0 Å². The molecule has 15 nitrogen and oxygen atoms in total. The van der Waals surface area contributed by atoms with Crippen molar-refractivity contribution < 1.29 is 73.8 Å². The van der Waals surface area contributed by atoms with Crippen molar-refractivity contribution in [3.63, 3.8) is 0 Å². The van der Waals surface area contributed by atoms with Gasteiger partial charge >= 0.3 is 11.9 Å². The predicted octanol–water partition coefficient (Wildman–Crippen LogP) is 6.10. The van der Waals surface area contributed by atoms with E-state index < -0.39 is 99.3 Å². The van der Waals surface area contributed by atoms with Crippen molar-refractivity contribution >= 4 is 11.9 Å². The van der Waals surface area contributed by atoms with Crippen molar-refractivity contribution in [2.45, 2.75) is 216 Å². The maximum absolute atomic E-state index is 13.0. The molecule has 11 atom stereocenters. The number of hydrogen-bond donors (Lipinski definition) is 7. The first-order valence-electron chi connectivity index (χ1n) is 24.4. The summed E-state index contributed by atoms with van der Waals surface area (Å²) in [7, 11) is 0. The van der Waals surface area contributed by atoms with Crippen LogP contribution < -0.4 is 0 Å². The van der Waals surface area contributed by atoms with Crippen LogP contribution in [0.3, 0.4) is 0 Å². The Morgan fingerprint density at radius 2 is 0.969 bits per heavy atom. The highest BCUT2D eigenvalue weighted by atomic mass is 16.7. The van der Waals surface area contributed by atoms with Gasteiger partial charge in [0.25, 0.3) is 0 Å². The number of aliphatic hydroxyl groups is 7. The second-order valence-electron chi connectivity index (χ2n) is 16.9. The molecule has 15 heteroatoms. The molecular weight excluding hydrogens is 841 g/mol. The summed E-state index contributed by atoms with van der Waals surface area (Å²) in [5.74, 6) is -0.969. The number of carbonyl (C=O) groups is 2. The lowest BCUT2D eigenvalue weighted by Gasteiger charge is -2.42. The minimum atomic E-state index is -1.77. The molecule has 0 bridgehead atoms. The van der Waals surface area contributed by atoms with Crippen LogP contribution in [0.15, 0.2) is 60.8 Å². The van der Waals surface area contributed by atoms with E-state index in [0.717, 1.165) is 89.9 Å². The molecule has 0 aromatic heterocycles. The van der Waals surface area contributed by atoms with Gasteiger partial charge in [-0.1, -0.05) is 120 Å². The van der Waals surface area contributed by atoms with Crippen LogP contribution in [0.2, 0.25) is 0 Å². The summed E-state index contributed by atoms with van der Waals surface area (Å²) in [6.07, 6.45) is 24.0. The first kappa shape index (κ1) is 58.3. The van der Waals surface area contributed by atoms with E-state index in [0.29, 0.717) is 12.8 Å². The highest BCUT2D eigenvalue weighted by Gasteiger charge is 2.47. The summed E-state index contributed by atoms with van der Waals surface area (Å²) in [4.78, 5) is 25.7. The van der Waals surface area contributed by atoms with Crippen LogP contribution in [0.5, 0.6) is 0 Å². The SMILES string of the molecule is CC/C=C\C/C=C\C/C=C\C/C=C\CCCCCCC(=O)OC(COC(=O)CCCCCCC/C=C\CCCCC)COC1OC(COC2OC(CO)C(O)C(O)C2O)C(O)C(O)C1O. The van der Waals surface area contributed by atoms with E-state index in [1.807, 2.05) is 0 Å². The molecule has 0 saturated carbocycles. The fraction of sp³-hybridized carbons (Fsp3) is 0.760. The average Bonchev–Trinajstić information content (AvgIpc) is 3.30. The molecule has 374 valence electrons. The van der Waals surface area contributed by atoms with Crippen molar-refractivity contribution in [3.05, 3.63) is 60.8 Å². The molecule has 0 aromatic rings. The highest BCUT2D eigenvalue weighted by Crippen LogP contribution is 2.26. The standard InChI is InChI=1S/C50H84O15/c1-3-5-7-9-11-13-15-17-18-19-20-21-23-25-27-29-31-33-42(53)63-38(35-60-41(52)32-30-28-26-24-22-16-14-12-10-8-6-4-2)36-61-49-48(59)46(57)44(55)40(65-49)37-62-50-47(58)45(56)43(54)39(34-51)64-50/h5,7,11-14,17-18,20-21,38-40,43-51,54-59H,3-4,6,8-10,15-16,19,22-37H2,1-2H3/b7-5-,13-11-,14-12-,18-17-,21-20-. The minimum Gasteiger partial charge on any atom is -0.462 e. The van der Waals surface area contributed by atoms with E-state index in [9.17, 15) is 45.3 Å². The number of rotatable bonds is 36. The van der Waals surface area contributed by atoms with Crippen LogP contribution in [-0.4, -0.2) is 142 Å². The number of carbonyl (C=O) groups excluding carboxylic acids is 2. The van der Waals surface area contributed by atoms with Crippen LogP contribution in [0, 0.1) is 0 Å². The fourth-order valence-electron chi connectivity index (χ4n) is 7.20. The maximum Gasteiger partial charge on any atom is 0.306 e. The maximum atomic E-state index is 13.0. The van der Waals surface area contributed by atoms with Gasteiger partial charge in [-0.3, -0.25) is 9.59 Å². The second kappa shape index (κ2) is 37.2. The van der Waals surface area contributed by atoms with Crippen LogP contribution in [0.1, 0.15) is 149 Å². The van der Waals surface area contributed by atoms with Crippen molar-refractivity contribution in [1.82, 2.24) is 0 Å². The Kier molecular flexibility index (Phi) is 33.4. The number of unbranched alkanes of at least 4 members (excludes halogenated alkanes) is 12. The zero-order chi connectivity index (χ0) is 47.5. The second-order valence-corrected chi connectivity index (χ2v) is 16.9. The Bertz CT molecular complexity index is 1370. The van der Waals surface area contributed by atoms with E-state index in [-0.39, 0.29) is 19.4 Å². The van der Waals surface area contributed by atoms with Crippen LogP contribution in [-0.2, 0) is 38.0 Å². The van der Waals surface area contributed by atoms with Crippen LogP contribution >= 0.6 is 0 Å². The summed E-state index contributed by atoms with van der Waals surface area (Å²) < 4.78 is 33.5. The van der Waals surface area contributed by atoms with Crippen LogP contribution in [0.25, 0.3) is 0 Å². The molecule has 2 rings (SSSR count). The Morgan fingerprint density at radius 1 is 0.508 bits per heavy atom. The van der Waals surface area contributed by atoms with Crippen molar-refractivity contribution in [2.24, 2.45) is 0 Å². The first-order valence-corrected chi connectivity index (χ1v) is 24.4. The molecule has 2 fully saturated rings. The topological polar surface area (TPSA) is 231 Å². The van der Waals surface area contributed by atoms with Gasteiger partial charge in [0.2, 0.25) is 0 Å². The Hall–Kier alpha value is -2.80. The lowest BCUT2D eigenvalue weighted by molar-refractivity contribution is -0.332. The summed E-state index contributed by atoms with van der Waals surface area (Å²) >= 11 is 0. The quantitative estimate of drug-likeness (QED) is 0.0214. The van der Waals surface area contributed by atoms with Gasteiger partial charge < -0.3 is 64.2 Å². The van der Waals surface area contributed by atoms with E-state index in [2.05, 4.69) is 74.6 Å². The molecule has 0 aromatic carbocycles. The molecule has 11 unspecified atom stereocenters. The third-order valence-electron chi connectivity index (χ3n) is 11.2. The lowest BCUT2D eigenvalue weighted by Crippen LogP contribution is -2.61. The monoisotopic (exact) mass is 925 g/mol. The third kappa shape index (κ3) is 25.8. The molecule has 7 N–H and O–H groups in total. The molecule has 0 amide bonds. The van der Waals surface area contributed by atoms with Gasteiger partial charge in [-0.25, -0.2) is 0 Å². The minimum absolute atomic E-state index is 0.133. The average molecular weight is 925 g/mol. The Morgan fingerprint density at radius 3 is 1.54 bits per heavy atom. The molecule has 65 heavy (non-hydrogen) atoms. The number of allylic oxidation sites excluding steroid dienone is 10. The Balaban J connectivity index is 1.85. The molecule has 2 aliphatic heterocycles. The van der Waals surface area contributed by atoms with E-state index in [1.165, 1.54) is 19.3 Å². The van der Waals surface area contributed by atoms with Crippen molar-refractivity contribution in [2.75, 3.05) is 26.4 Å². The normalized spacial score (nSPS) is 26.9. The largest absolute Gasteiger partial charge is 0.462 e. The van der Waals surface area contributed by atoms with Gasteiger partial charge in [-0.2, -0.15) is 0 Å². The number of aliphatic hydroxyl groups excluding tert-OH is 7. The van der Waals surface area contributed by atoms with Crippen LogP contribution in [0.4, 0.5) is 0 Å². The summed E-state index contributed by atoms with van der Waals surface area (Å²) in [6, 6.07) is 0. The Labute approximate surface area is 388 Å². The van der Waals surface area contributed by atoms with E-state index in [4.69, 9.17) is 28.4 Å². The first-order chi connectivity index (χ1) is 31.5. The van der Waals surface area contributed by atoms with Gasteiger partial charge in [0.05, 0.1) is 19.8 Å². The zero-order valence-electron chi connectivity index (χ0n) is 39.2. The summed E-state index contributed by atoms with van der Waals surface area (Å²) in [6.45, 7) is 2.39. The predicted molar refractivity (Wildman–Crippen MR) is 247 cm³/mol. The number of esters is 2. The van der Waals surface area contributed by atoms with Gasteiger partial charge in [0.1, 0.15) is 55.4 Å². The molecule has 0 spiro atoms.